The first-order chi connectivity index (χ1) is 17.7. The van der Waals surface area contributed by atoms with Gasteiger partial charge in [0.25, 0.3) is 0 Å². The number of aryl methyl sites for hydroxylation is 1. The zero-order valence-corrected chi connectivity index (χ0v) is 21.7. The van der Waals surface area contributed by atoms with E-state index in [1.54, 1.807) is 7.11 Å². The van der Waals surface area contributed by atoms with E-state index < -0.39 is 6.09 Å². The smallest absolute Gasteiger partial charge is 0.407 e. The number of nitrogens with one attached hydrogen (secondary N) is 1. The van der Waals surface area contributed by atoms with Crippen molar-refractivity contribution in [1.29, 1.82) is 5.26 Å². The number of likely N-dealkylation sites (tertiary alicyclic amines) is 1. The number of piperidine rings is 1. The molecule has 9 nitrogen and oxygen atoms in total. The summed E-state index contributed by atoms with van der Waals surface area (Å²) in [6.45, 7) is 8.83. The number of nitriles is 1. The molecule has 37 heavy (non-hydrogen) atoms. The van der Waals surface area contributed by atoms with Gasteiger partial charge < -0.3 is 25.0 Å². The molecule has 0 bridgehead atoms. The normalized spacial score (nSPS) is 17.3. The van der Waals surface area contributed by atoms with E-state index in [9.17, 15) is 15.2 Å². The average Bonchev–Trinajstić information content (AvgIpc) is 2.86. The third-order valence-electron chi connectivity index (χ3n) is 7.91. The Bertz CT molecular complexity index is 1400. The summed E-state index contributed by atoms with van der Waals surface area (Å²) >= 11 is 0. The van der Waals surface area contributed by atoms with Gasteiger partial charge in [-0.05, 0) is 56.9 Å². The van der Waals surface area contributed by atoms with Crippen LogP contribution < -0.4 is 15.0 Å². The van der Waals surface area contributed by atoms with Gasteiger partial charge in [0.15, 0.2) is 0 Å². The molecule has 9 heteroatoms. The van der Waals surface area contributed by atoms with Crippen molar-refractivity contribution < 1.29 is 14.6 Å². The van der Waals surface area contributed by atoms with Gasteiger partial charge in [0, 0.05) is 43.0 Å². The zero-order chi connectivity index (χ0) is 26.3. The largest absolute Gasteiger partial charge is 0.495 e. The minimum absolute atomic E-state index is 0.0676. The Morgan fingerprint density at radius 1 is 1.22 bits per heavy atom. The number of benzene rings is 2. The van der Waals surface area contributed by atoms with Crippen LogP contribution in [0, 0.1) is 30.6 Å². The van der Waals surface area contributed by atoms with Gasteiger partial charge in [-0.15, -0.1) is 0 Å². The highest BCUT2D eigenvalue weighted by Crippen LogP contribution is 2.44. The van der Waals surface area contributed by atoms with E-state index in [0.717, 1.165) is 65.2 Å². The summed E-state index contributed by atoms with van der Waals surface area (Å²) in [6, 6.07) is 12.0. The van der Waals surface area contributed by atoms with Crippen molar-refractivity contribution in [2.45, 2.75) is 39.7 Å². The Morgan fingerprint density at radius 2 is 1.95 bits per heavy atom. The fourth-order valence-electron chi connectivity index (χ4n) is 5.75. The van der Waals surface area contributed by atoms with Gasteiger partial charge in [-0.2, -0.15) is 5.26 Å². The van der Waals surface area contributed by atoms with Crippen molar-refractivity contribution in [1.82, 2.24) is 14.9 Å². The maximum atomic E-state index is 11.2. The summed E-state index contributed by atoms with van der Waals surface area (Å²) in [5.74, 6) is 2.16. The van der Waals surface area contributed by atoms with E-state index in [1.807, 2.05) is 38.1 Å². The number of hydrogen-bond donors (Lipinski definition) is 2. The first-order valence-electron chi connectivity index (χ1n) is 12.6. The van der Waals surface area contributed by atoms with E-state index in [2.05, 4.69) is 34.3 Å². The van der Waals surface area contributed by atoms with Crippen LogP contribution >= 0.6 is 0 Å². The van der Waals surface area contributed by atoms with Crippen molar-refractivity contribution in [2.75, 3.05) is 43.5 Å². The summed E-state index contributed by atoms with van der Waals surface area (Å²) in [5, 5.41) is 23.2. The molecule has 1 amide bonds. The molecule has 2 aliphatic rings. The van der Waals surface area contributed by atoms with Crippen LogP contribution in [0.5, 0.6) is 5.75 Å². The molecule has 1 aromatic heterocycles. The molecule has 3 aromatic rings. The molecule has 1 spiro atoms. The Labute approximate surface area is 216 Å². The third kappa shape index (κ3) is 4.48. The number of methoxy groups -OCH3 is 1. The Morgan fingerprint density at radius 3 is 2.59 bits per heavy atom. The number of carboxylic acid groups (broad SMARTS) is 1. The van der Waals surface area contributed by atoms with Crippen LogP contribution in [0.4, 0.5) is 16.3 Å². The summed E-state index contributed by atoms with van der Waals surface area (Å²) in [5.41, 5.74) is 4.57. The lowest BCUT2D eigenvalue weighted by Gasteiger charge is -2.53. The SMILES string of the molecule is COc1cc2nc(C)nc(N[C@H](C)c3cccc(C#N)c3C)c2cc1N1CCC2(CC1)CN(C(=O)O)C2. The van der Waals surface area contributed by atoms with Gasteiger partial charge in [-0.1, -0.05) is 12.1 Å². The summed E-state index contributed by atoms with van der Waals surface area (Å²) in [7, 11) is 1.67. The van der Waals surface area contributed by atoms with Gasteiger partial charge in [0.1, 0.15) is 17.4 Å². The third-order valence-corrected chi connectivity index (χ3v) is 7.91. The predicted octanol–water partition coefficient (Wildman–Crippen LogP) is 4.88. The van der Waals surface area contributed by atoms with Gasteiger partial charge in [-0.3, -0.25) is 0 Å². The van der Waals surface area contributed by atoms with Gasteiger partial charge >= 0.3 is 6.09 Å². The average molecular weight is 501 g/mol. The molecule has 2 aliphatic heterocycles. The minimum Gasteiger partial charge on any atom is -0.495 e. The number of hydrogen-bond acceptors (Lipinski definition) is 7. The molecule has 3 heterocycles. The number of ether oxygens (including phenoxy) is 1. The summed E-state index contributed by atoms with van der Waals surface area (Å²) in [6.07, 6.45) is 1.06. The van der Waals surface area contributed by atoms with Crippen molar-refractivity contribution in [3.63, 3.8) is 0 Å². The maximum Gasteiger partial charge on any atom is 0.407 e. The molecule has 5 rings (SSSR count). The fraction of sp³-hybridized carbons (Fsp3) is 0.429. The van der Waals surface area contributed by atoms with E-state index in [-0.39, 0.29) is 11.5 Å². The van der Waals surface area contributed by atoms with E-state index in [1.165, 1.54) is 4.90 Å². The first kappa shape index (κ1) is 24.6. The van der Waals surface area contributed by atoms with Crippen molar-refractivity contribution >= 4 is 28.5 Å². The number of carbonyl (C=O) groups is 1. The molecule has 2 aromatic carbocycles. The van der Waals surface area contributed by atoms with Crippen LogP contribution in [-0.2, 0) is 0 Å². The van der Waals surface area contributed by atoms with E-state index in [4.69, 9.17) is 9.72 Å². The van der Waals surface area contributed by atoms with Crippen LogP contribution in [0.15, 0.2) is 30.3 Å². The molecule has 0 radical (unpaired) electrons. The second-order valence-corrected chi connectivity index (χ2v) is 10.3. The Hall–Kier alpha value is -4.06. The lowest BCUT2D eigenvalue weighted by Crippen LogP contribution is -2.61. The highest BCUT2D eigenvalue weighted by Gasteiger charge is 2.47. The number of anilines is 2. The highest BCUT2D eigenvalue weighted by atomic mass is 16.5. The second-order valence-electron chi connectivity index (χ2n) is 10.3. The highest BCUT2D eigenvalue weighted by molar-refractivity contribution is 5.94. The number of rotatable bonds is 5. The molecule has 1 atom stereocenters. The van der Waals surface area contributed by atoms with Gasteiger partial charge in [-0.25, -0.2) is 14.8 Å². The van der Waals surface area contributed by atoms with Crippen LogP contribution in [0.3, 0.4) is 0 Å². The van der Waals surface area contributed by atoms with Crippen molar-refractivity contribution in [3.05, 3.63) is 52.8 Å². The monoisotopic (exact) mass is 500 g/mol. The number of amides is 1. The molecule has 192 valence electrons. The molecule has 0 saturated carbocycles. The number of nitrogens with zero attached hydrogens (tertiary/aromatic N) is 5. The standard InChI is InChI=1S/C28H32N6O3/c1-17-20(14-29)6-5-7-21(17)18(2)30-26-22-12-24(25(37-4)13-23(22)31-19(3)32-26)33-10-8-28(9-11-33)15-34(16-28)27(35)36/h5-7,12-13,18H,8-11,15-16H2,1-4H3,(H,35,36)(H,30,31,32)/t18-/m1/s1. The van der Waals surface area contributed by atoms with E-state index in [0.29, 0.717) is 24.5 Å². The summed E-state index contributed by atoms with van der Waals surface area (Å²) < 4.78 is 5.78. The van der Waals surface area contributed by atoms with Crippen LogP contribution in [0.2, 0.25) is 0 Å². The molecule has 0 unspecified atom stereocenters. The summed E-state index contributed by atoms with van der Waals surface area (Å²) in [4.78, 5) is 24.5. The first-order valence-corrected chi connectivity index (χ1v) is 12.6. The second kappa shape index (κ2) is 9.43. The Balaban J connectivity index is 1.45. The predicted molar refractivity (Wildman–Crippen MR) is 142 cm³/mol. The molecule has 2 fully saturated rings. The van der Waals surface area contributed by atoms with Gasteiger partial charge in [0.2, 0.25) is 0 Å². The lowest BCUT2D eigenvalue weighted by atomic mass is 9.72. The number of fused-ring (bicyclic) bond motifs is 1. The van der Waals surface area contributed by atoms with Gasteiger partial charge in [0.05, 0.1) is 36.0 Å². The molecule has 2 N–H and O–H groups in total. The zero-order valence-electron chi connectivity index (χ0n) is 21.7. The fourth-order valence-corrected chi connectivity index (χ4v) is 5.75. The quantitative estimate of drug-likeness (QED) is 0.509. The van der Waals surface area contributed by atoms with Crippen LogP contribution in [0.1, 0.15) is 48.3 Å². The van der Waals surface area contributed by atoms with Crippen molar-refractivity contribution in [2.24, 2.45) is 5.41 Å². The van der Waals surface area contributed by atoms with Crippen LogP contribution in [-0.4, -0.2) is 59.4 Å². The lowest BCUT2D eigenvalue weighted by molar-refractivity contribution is -0.00638. The molecular weight excluding hydrogens is 468 g/mol. The minimum atomic E-state index is -0.830. The molecule has 2 saturated heterocycles. The molecular formula is C28H32N6O3. The van der Waals surface area contributed by atoms with Crippen LogP contribution in [0.25, 0.3) is 10.9 Å². The number of aromatic nitrogens is 2. The van der Waals surface area contributed by atoms with E-state index >= 15 is 0 Å². The topological polar surface area (TPSA) is 115 Å². The Kier molecular flexibility index (Phi) is 6.28. The molecule has 0 aliphatic carbocycles. The maximum absolute atomic E-state index is 11.2. The van der Waals surface area contributed by atoms with Crippen molar-refractivity contribution in [3.8, 4) is 11.8 Å².